The first-order valence-corrected chi connectivity index (χ1v) is 6.85. The van der Waals surface area contributed by atoms with Crippen molar-refractivity contribution in [1.82, 2.24) is 0 Å². The first-order valence-electron chi connectivity index (χ1n) is 6.48. The van der Waals surface area contributed by atoms with Crippen LogP contribution in [0.15, 0.2) is 24.3 Å². The summed E-state index contributed by atoms with van der Waals surface area (Å²) in [6.07, 6.45) is 1.02. The number of carbonyl (C=O) groups excluding carboxylic acids is 2. The average Bonchev–Trinajstić information content (AvgIpc) is 2.32. The Balaban J connectivity index is 2.64. The van der Waals surface area contributed by atoms with Gasteiger partial charge in [0.05, 0.1) is 13.0 Å². The van der Waals surface area contributed by atoms with Gasteiger partial charge < -0.3 is 14.4 Å². The van der Waals surface area contributed by atoms with Gasteiger partial charge in [-0.2, -0.15) is 0 Å². The number of halogens is 1. The van der Waals surface area contributed by atoms with Crippen LogP contribution >= 0.6 is 11.6 Å². The molecule has 1 aromatic carbocycles. The molecule has 0 aliphatic heterocycles. The van der Waals surface area contributed by atoms with E-state index in [2.05, 4.69) is 0 Å². The van der Waals surface area contributed by atoms with Crippen molar-refractivity contribution in [3.8, 4) is 0 Å². The summed E-state index contributed by atoms with van der Waals surface area (Å²) in [5, 5.41) is 0.593. The number of ether oxygens (including phenoxy) is 1. The zero-order valence-corrected chi connectivity index (χ0v) is 12.8. The lowest BCUT2D eigenvalue weighted by Crippen LogP contribution is -2.30. The maximum Gasteiger partial charge on any atom is 0.308 e. The molecule has 0 bridgehead atoms. The summed E-state index contributed by atoms with van der Waals surface area (Å²) in [6.45, 7) is 6.10. The van der Waals surface area contributed by atoms with Crippen molar-refractivity contribution < 1.29 is 14.3 Å². The van der Waals surface area contributed by atoms with Gasteiger partial charge in [0.2, 0.25) is 0 Å². The molecule has 20 heavy (non-hydrogen) atoms. The van der Waals surface area contributed by atoms with E-state index in [0.29, 0.717) is 11.6 Å². The Labute approximate surface area is 124 Å². The summed E-state index contributed by atoms with van der Waals surface area (Å²) in [6, 6.07) is 7.19. The van der Waals surface area contributed by atoms with Gasteiger partial charge in [0, 0.05) is 17.3 Å². The highest BCUT2D eigenvalue weighted by molar-refractivity contribution is 6.30. The fraction of sp³-hybridized carbons (Fsp3) is 0.467. The summed E-state index contributed by atoms with van der Waals surface area (Å²) in [5.41, 5.74) is 0.316. The van der Waals surface area contributed by atoms with E-state index in [1.165, 1.54) is 0 Å². The Kier molecular flexibility index (Phi) is 6.02. The quantitative estimate of drug-likeness (QED) is 0.598. The third kappa shape index (κ3) is 6.06. The monoisotopic (exact) mass is 297 g/mol. The smallest absolute Gasteiger partial charge is 0.308 e. The van der Waals surface area contributed by atoms with Crippen molar-refractivity contribution in [1.29, 1.82) is 0 Å². The van der Waals surface area contributed by atoms with E-state index in [1.807, 2.05) is 32.9 Å². The minimum Gasteiger partial charge on any atom is -0.460 e. The minimum atomic E-state index is -0.497. The lowest BCUT2D eigenvalue weighted by atomic mass is 10.2. The molecule has 4 nitrogen and oxygen atoms in total. The fourth-order valence-corrected chi connectivity index (χ4v) is 1.89. The molecule has 110 valence electrons. The Bertz CT molecular complexity index is 468. The molecule has 0 N–H and O–H groups in total. The van der Waals surface area contributed by atoms with Gasteiger partial charge in [-0.15, -0.1) is 0 Å². The van der Waals surface area contributed by atoms with Gasteiger partial charge in [-0.05, 0) is 39.0 Å². The molecule has 0 saturated carbocycles. The van der Waals surface area contributed by atoms with Gasteiger partial charge in [0.15, 0.2) is 0 Å². The van der Waals surface area contributed by atoms with Crippen LogP contribution in [0.4, 0.5) is 5.69 Å². The molecule has 0 aliphatic rings. The van der Waals surface area contributed by atoms with E-state index < -0.39 is 5.60 Å². The van der Waals surface area contributed by atoms with Crippen molar-refractivity contribution in [2.45, 2.75) is 32.8 Å². The molecule has 0 heterocycles. The highest BCUT2D eigenvalue weighted by Gasteiger charge is 2.17. The highest BCUT2D eigenvalue weighted by Crippen LogP contribution is 2.19. The lowest BCUT2D eigenvalue weighted by molar-refractivity contribution is -0.154. The molecular formula is C15H20ClNO3. The number of anilines is 1. The van der Waals surface area contributed by atoms with Gasteiger partial charge in [-0.25, -0.2) is 0 Å². The van der Waals surface area contributed by atoms with Crippen molar-refractivity contribution in [3.05, 3.63) is 29.3 Å². The Morgan fingerprint density at radius 1 is 1.40 bits per heavy atom. The highest BCUT2D eigenvalue weighted by atomic mass is 35.5. The van der Waals surface area contributed by atoms with E-state index in [0.717, 1.165) is 12.0 Å². The van der Waals surface area contributed by atoms with Crippen molar-refractivity contribution in [3.63, 3.8) is 0 Å². The number of hydrogen-bond acceptors (Lipinski definition) is 4. The van der Waals surface area contributed by atoms with Crippen LogP contribution in [-0.4, -0.2) is 30.9 Å². The van der Waals surface area contributed by atoms with Crippen LogP contribution in [0.3, 0.4) is 0 Å². The second-order valence-electron chi connectivity index (χ2n) is 5.43. The number of aldehydes is 1. The number of benzene rings is 1. The van der Waals surface area contributed by atoms with E-state index in [4.69, 9.17) is 16.3 Å². The standard InChI is InChI=1S/C15H20ClNO3/c1-15(2,3)20-14(19)7-8-17(9-10-18)13-6-4-5-12(16)11-13/h4-6,10-11H,7-9H2,1-3H3. The minimum absolute atomic E-state index is 0.211. The van der Waals surface area contributed by atoms with Crippen LogP contribution < -0.4 is 4.90 Å². The summed E-state index contributed by atoms with van der Waals surface area (Å²) in [5.74, 6) is -0.282. The molecule has 0 saturated heterocycles. The first-order chi connectivity index (χ1) is 9.31. The summed E-state index contributed by atoms with van der Waals surface area (Å²) < 4.78 is 5.25. The molecule has 0 aromatic heterocycles. The second kappa shape index (κ2) is 7.29. The van der Waals surface area contributed by atoms with Crippen LogP contribution in [0.25, 0.3) is 0 Å². The number of hydrogen-bond donors (Lipinski definition) is 0. The van der Waals surface area contributed by atoms with E-state index in [1.54, 1.807) is 17.0 Å². The molecule has 0 atom stereocenters. The lowest BCUT2D eigenvalue weighted by Gasteiger charge is -2.24. The van der Waals surface area contributed by atoms with Gasteiger partial charge >= 0.3 is 5.97 Å². The molecular weight excluding hydrogens is 278 g/mol. The van der Waals surface area contributed by atoms with Crippen LogP contribution in [0.1, 0.15) is 27.2 Å². The number of nitrogens with zero attached hydrogens (tertiary/aromatic N) is 1. The summed E-state index contributed by atoms with van der Waals surface area (Å²) in [4.78, 5) is 24.3. The zero-order chi connectivity index (χ0) is 15.2. The third-order valence-electron chi connectivity index (χ3n) is 2.47. The van der Waals surface area contributed by atoms with Crippen LogP contribution in [0, 0.1) is 0 Å². The van der Waals surface area contributed by atoms with Crippen molar-refractivity contribution in [2.24, 2.45) is 0 Å². The van der Waals surface area contributed by atoms with Crippen LogP contribution in [0.2, 0.25) is 5.02 Å². The molecule has 0 amide bonds. The third-order valence-corrected chi connectivity index (χ3v) is 2.71. The van der Waals surface area contributed by atoms with Gasteiger partial charge in [-0.3, -0.25) is 4.79 Å². The Hall–Kier alpha value is -1.55. The predicted octanol–water partition coefficient (Wildman–Crippen LogP) is 3.08. The first kappa shape index (κ1) is 16.5. The van der Waals surface area contributed by atoms with Crippen LogP contribution in [0.5, 0.6) is 0 Å². The van der Waals surface area contributed by atoms with Crippen LogP contribution in [-0.2, 0) is 14.3 Å². The average molecular weight is 298 g/mol. The van der Waals surface area contributed by atoms with Gasteiger partial charge in [-0.1, -0.05) is 17.7 Å². The molecule has 1 rings (SSSR count). The van der Waals surface area contributed by atoms with E-state index in [9.17, 15) is 9.59 Å². The zero-order valence-electron chi connectivity index (χ0n) is 12.1. The molecule has 1 aromatic rings. The number of esters is 1. The molecule has 0 fully saturated rings. The predicted molar refractivity (Wildman–Crippen MR) is 80.2 cm³/mol. The van der Waals surface area contributed by atoms with Gasteiger partial charge in [0.25, 0.3) is 0 Å². The van der Waals surface area contributed by atoms with E-state index >= 15 is 0 Å². The maximum atomic E-state index is 11.7. The van der Waals surface area contributed by atoms with Crippen molar-refractivity contribution >= 4 is 29.5 Å². The topological polar surface area (TPSA) is 46.6 Å². The summed E-state index contributed by atoms with van der Waals surface area (Å²) in [7, 11) is 0. The number of carbonyl (C=O) groups is 2. The van der Waals surface area contributed by atoms with Crippen molar-refractivity contribution in [2.75, 3.05) is 18.0 Å². The normalized spacial score (nSPS) is 11.0. The molecule has 0 unspecified atom stereocenters. The molecule has 0 spiro atoms. The Morgan fingerprint density at radius 3 is 2.65 bits per heavy atom. The number of rotatable bonds is 6. The molecule has 0 radical (unpaired) electrons. The Morgan fingerprint density at radius 2 is 2.10 bits per heavy atom. The summed E-state index contributed by atoms with van der Waals surface area (Å²) >= 11 is 5.93. The largest absolute Gasteiger partial charge is 0.460 e. The second-order valence-corrected chi connectivity index (χ2v) is 5.87. The molecule has 0 aliphatic carbocycles. The van der Waals surface area contributed by atoms with Gasteiger partial charge in [0.1, 0.15) is 11.9 Å². The SMILES string of the molecule is CC(C)(C)OC(=O)CCN(CC=O)c1cccc(Cl)c1. The molecule has 5 heteroatoms. The maximum absolute atomic E-state index is 11.7. The van der Waals surface area contributed by atoms with E-state index in [-0.39, 0.29) is 18.9 Å². The fourth-order valence-electron chi connectivity index (χ4n) is 1.71.